The zero-order chi connectivity index (χ0) is 18.3. The van der Waals surface area contributed by atoms with E-state index in [0.29, 0.717) is 0 Å². The molecule has 2 aromatic rings. The molecule has 3 heteroatoms. The van der Waals surface area contributed by atoms with Gasteiger partial charge in [-0.1, -0.05) is 87.5 Å². The minimum Gasteiger partial charge on any atom is -0.424 e. The van der Waals surface area contributed by atoms with Crippen LogP contribution in [0.15, 0.2) is 72.8 Å². The molecule has 0 spiro atoms. The largest absolute Gasteiger partial charge is 0.424 e. The van der Waals surface area contributed by atoms with E-state index < -0.39 is 8.32 Å². The molecule has 0 radical (unpaired) electrons. The third-order valence-corrected chi connectivity index (χ3v) is 9.62. The Morgan fingerprint density at radius 3 is 1.88 bits per heavy atom. The number of hydrogen-bond acceptors (Lipinski definition) is 2. The van der Waals surface area contributed by atoms with Crippen molar-refractivity contribution in [2.75, 3.05) is 0 Å². The van der Waals surface area contributed by atoms with Gasteiger partial charge in [0.1, 0.15) is 6.29 Å². The molecule has 0 aromatic heterocycles. The van der Waals surface area contributed by atoms with Gasteiger partial charge in [-0.05, 0) is 40.2 Å². The van der Waals surface area contributed by atoms with E-state index in [1.807, 2.05) is 66.7 Å². The number of carbonyl (C=O) groups excluding carboxylic acids is 1. The van der Waals surface area contributed by atoms with Crippen LogP contribution in [0, 0.1) is 5.92 Å². The SMILES string of the molecule is CC[C@H](/C=C/C=O)CC(C)(C)[Si](O)(c1ccccc1)c1ccccc1. The highest BCUT2D eigenvalue weighted by Crippen LogP contribution is 2.42. The van der Waals surface area contributed by atoms with Gasteiger partial charge in [0.05, 0.1) is 0 Å². The summed E-state index contributed by atoms with van der Waals surface area (Å²) in [6.45, 7) is 6.45. The summed E-state index contributed by atoms with van der Waals surface area (Å²) in [5.74, 6) is 0.270. The predicted octanol–water partition coefficient (Wildman–Crippen LogP) is 3.69. The van der Waals surface area contributed by atoms with Crippen LogP contribution in [-0.4, -0.2) is 19.4 Å². The minimum absolute atomic E-state index is 0.270. The van der Waals surface area contributed by atoms with Crippen LogP contribution in [0.1, 0.15) is 33.6 Å². The van der Waals surface area contributed by atoms with Crippen molar-refractivity contribution in [1.82, 2.24) is 0 Å². The molecule has 132 valence electrons. The Hall–Kier alpha value is -1.97. The van der Waals surface area contributed by atoms with E-state index in [1.54, 1.807) is 6.08 Å². The lowest BCUT2D eigenvalue weighted by atomic mass is 9.93. The monoisotopic (exact) mass is 352 g/mol. The molecule has 0 heterocycles. The highest BCUT2D eigenvalue weighted by Gasteiger charge is 2.50. The quantitative estimate of drug-likeness (QED) is 0.447. The van der Waals surface area contributed by atoms with Gasteiger partial charge in [-0.3, -0.25) is 4.79 Å². The van der Waals surface area contributed by atoms with Gasteiger partial charge < -0.3 is 4.80 Å². The van der Waals surface area contributed by atoms with E-state index >= 15 is 0 Å². The van der Waals surface area contributed by atoms with Crippen LogP contribution in [0.3, 0.4) is 0 Å². The lowest BCUT2D eigenvalue weighted by Crippen LogP contribution is -2.65. The molecule has 0 bridgehead atoms. The van der Waals surface area contributed by atoms with Gasteiger partial charge in [-0.2, -0.15) is 0 Å². The molecule has 0 aliphatic carbocycles. The first-order valence-electron chi connectivity index (χ1n) is 8.91. The third kappa shape index (κ3) is 4.17. The standard InChI is InChI=1S/C22H28O2Si/c1-4-19(12-11-17-23)18-22(2,3)25(24,20-13-7-5-8-14-20)21-15-9-6-10-16-21/h5-17,19,24H,4,18H2,1-3H3/b12-11+/t19-/m1/s1. The minimum atomic E-state index is -2.97. The Morgan fingerprint density at radius 2 is 1.48 bits per heavy atom. The summed E-state index contributed by atoms with van der Waals surface area (Å²) in [6.07, 6.45) is 6.16. The first-order chi connectivity index (χ1) is 12.0. The average molecular weight is 353 g/mol. The number of benzene rings is 2. The summed E-state index contributed by atoms with van der Waals surface area (Å²) in [5.41, 5.74) is 0. The number of carbonyl (C=O) groups is 1. The molecule has 25 heavy (non-hydrogen) atoms. The van der Waals surface area contributed by atoms with E-state index in [2.05, 4.69) is 20.8 Å². The van der Waals surface area contributed by atoms with Gasteiger partial charge in [-0.15, -0.1) is 0 Å². The number of hydrogen-bond donors (Lipinski definition) is 1. The van der Waals surface area contributed by atoms with Crippen LogP contribution in [0.5, 0.6) is 0 Å². The summed E-state index contributed by atoms with van der Waals surface area (Å²) in [6, 6.07) is 20.1. The number of rotatable bonds is 8. The normalized spacial score (nSPS) is 13.8. The zero-order valence-corrected chi connectivity index (χ0v) is 16.4. The average Bonchev–Trinajstić information content (AvgIpc) is 2.65. The molecule has 0 saturated heterocycles. The first-order valence-corrected chi connectivity index (χ1v) is 10.9. The van der Waals surface area contributed by atoms with Crippen LogP contribution in [0.25, 0.3) is 0 Å². The second-order valence-electron chi connectivity index (χ2n) is 7.22. The van der Waals surface area contributed by atoms with Gasteiger partial charge in [0.25, 0.3) is 8.32 Å². The highest BCUT2D eigenvalue weighted by molar-refractivity contribution is 6.98. The fourth-order valence-electron chi connectivity index (χ4n) is 3.66. The van der Waals surface area contributed by atoms with E-state index in [-0.39, 0.29) is 11.0 Å². The Morgan fingerprint density at radius 1 is 1.00 bits per heavy atom. The molecule has 2 aromatic carbocycles. The number of aldehydes is 1. The summed E-state index contributed by atoms with van der Waals surface area (Å²) in [4.78, 5) is 22.8. The molecule has 0 aliphatic rings. The Kier molecular flexibility index (Phi) is 6.51. The van der Waals surface area contributed by atoms with E-state index in [0.717, 1.165) is 29.5 Å². The second-order valence-corrected chi connectivity index (χ2v) is 11.1. The van der Waals surface area contributed by atoms with Crippen molar-refractivity contribution >= 4 is 25.0 Å². The highest BCUT2D eigenvalue weighted by atomic mass is 28.4. The molecule has 1 atom stereocenters. The summed E-state index contributed by atoms with van der Waals surface area (Å²) in [5, 5.41) is 1.77. The molecular formula is C22H28O2Si. The van der Waals surface area contributed by atoms with Crippen molar-refractivity contribution in [3.63, 3.8) is 0 Å². The maximum Gasteiger partial charge on any atom is 0.258 e. The topological polar surface area (TPSA) is 37.3 Å². The lowest BCUT2D eigenvalue weighted by molar-refractivity contribution is -0.104. The molecule has 0 saturated carbocycles. The smallest absolute Gasteiger partial charge is 0.258 e. The van der Waals surface area contributed by atoms with Crippen molar-refractivity contribution in [2.45, 2.75) is 38.7 Å². The Labute approximate surface area is 152 Å². The van der Waals surface area contributed by atoms with Crippen molar-refractivity contribution in [3.8, 4) is 0 Å². The molecular weight excluding hydrogens is 324 g/mol. The zero-order valence-electron chi connectivity index (χ0n) is 15.4. The maximum atomic E-state index is 12.1. The fourth-order valence-corrected chi connectivity index (χ4v) is 7.46. The molecule has 2 rings (SSSR count). The maximum absolute atomic E-state index is 12.1. The van der Waals surface area contributed by atoms with Crippen LogP contribution < -0.4 is 10.4 Å². The molecule has 0 unspecified atom stereocenters. The van der Waals surface area contributed by atoms with E-state index in [1.165, 1.54) is 0 Å². The molecule has 0 fully saturated rings. The van der Waals surface area contributed by atoms with Gasteiger partial charge in [0, 0.05) is 0 Å². The summed E-state index contributed by atoms with van der Waals surface area (Å²) >= 11 is 0. The summed E-state index contributed by atoms with van der Waals surface area (Å²) < 4.78 is 0. The van der Waals surface area contributed by atoms with Crippen molar-refractivity contribution < 1.29 is 9.59 Å². The summed E-state index contributed by atoms with van der Waals surface area (Å²) in [7, 11) is -2.97. The van der Waals surface area contributed by atoms with Crippen LogP contribution in [0.2, 0.25) is 5.04 Å². The molecule has 2 nitrogen and oxygen atoms in total. The molecule has 1 N–H and O–H groups in total. The Bertz CT molecular complexity index is 653. The second kappa shape index (κ2) is 8.41. The van der Waals surface area contributed by atoms with Crippen molar-refractivity contribution in [1.29, 1.82) is 0 Å². The first kappa shape index (κ1) is 19.4. The molecule has 0 amide bonds. The van der Waals surface area contributed by atoms with Crippen LogP contribution in [0.4, 0.5) is 0 Å². The van der Waals surface area contributed by atoms with Gasteiger partial charge in [-0.25, -0.2) is 0 Å². The van der Waals surface area contributed by atoms with Crippen molar-refractivity contribution in [2.24, 2.45) is 5.92 Å². The van der Waals surface area contributed by atoms with Gasteiger partial charge >= 0.3 is 0 Å². The van der Waals surface area contributed by atoms with Crippen LogP contribution in [-0.2, 0) is 4.79 Å². The fraction of sp³-hybridized carbons (Fsp3) is 0.318. The lowest BCUT2D eigenvalue weighted by Gasteiger charge is -2.42. The third-order valence-electron chi connectivity index (χ3n) is 5.12. The predicted molar refractivity (Wildman–Crippen MR) is 108 cm³/mol. The van der Waals surface area contributed by atoms with Crippen LogP contribution >= 0.6 is 0 Å². The van der Waals surface area contributed by atoms with Gasteiger partial charge in [0.2, 0.25) is 0 Å². The van der Waals surface area contributed by atoms with E-state index in [9.17, 15) is 9.59 Å². The van der Waals surface area contributed by atoms with E-state index in [4.69, 9.17) is 0 Å². The van der Waals surface area contributed by atoms with Crippen molar-refractivity contribution in [3.05, 3.63) is 72.8 Å². The molecule has 0 aliphatic heterocycles. The van der Waals surface area contributed by atoms with Gasteiger partial charge in [0.15, 0.2) is 0 Å². The Balaban J connectivity index is 2.51. The number of allylic oxidation sites excluding steroid dienone is 2.